The van der Waals surface area contributed by atoms with Gasteiger partial charge < -0.3 is 4.57 Å². The highest BCUT2D eigenvalue weighted by Crippen LogP contribution is 2.28. The monoisotopic (exact) mass is 346 g/mol. The van der Waals surface area contributed by atoms with E-state index in [0.717, 1.165) is 16.6 Å². The summed E-state index contributed by atoms with van der Waals surface area (Å²) in [5, 5.41) is 0.672. The summed E-state index contributed by atoms with van der Waals surface area (Å²) < 4.78 is 2.90. The molecule has 120 valence electrons. The van der Waals surface area contributed by atoms with Crippen LogP contribution in [-0.2, 0) is 11.3 Å². The first-order valence-electron chi connectivity index (χ1n) is 7.97. The summed E-state index contributed by atoms with van der Waals surface area (Å²) in [4.78, 5) is 17.2. The van der Waals surface area contributed by atoms with Gasteiger partial charge in [0.25, 0.3) is 0 Å². The third-order valence-electron chi connectivity index (χ3n) is 4.36. The lowest BCUT2D eigenvalue weighted by molar-refractivity contribution is -0.118. The molecule has 1 amide bonds. The molecule has 1 aromatic carbocycles. The number of terminal acetylenes is 1. The van der Waals surface area contributed by atoms with Gasteiger partial charge >= 0.3 is 0 Å². The third-order valence-corrected chi connectivity index (χ3v) is 5.63. The number of aromatic nitrogens is 1. The van der Waals surface area contributed by atoms with Crippen LogP contribution in [0.5, 0.6) is 0 Å². The van der Waals surface area contributed by atoms with Gasteiger partial charge in [-0.25, -0.2) is 0 Å². The molecule has 0 bridgehead atoms. The number of fused-ring (bicyclic) bond motifs is 1. The van der Waals surface area contributed by atoms with Crippen molar-refractivity contribution in [3.63, 3.8) is 0 Å². The number of nitrogens with zero attached hydrogens (tertiary/aromatic N) is 2. The highest BCUT2D eigenvalue weighted by atomic mass is 35.5. The first kappa shape index (κ1) is 16.3. The number of rotatable bonds is 4. The van der Waals surface area contributed by atoms with Crippen molar-refractivity contribution in [3.05, 3.63) is 28.0 Å². The lowest BCUT2D eigenvalue weighted by Crippen LogP contribution is -2.16. The molecule has 0 radical (unpaired) electrons. The Morgan fingerprint density at radius 3 is 2.96 bits per heavy atom. The molecule has 3 rings (SSSR count). The van der Waals surface area contributed by atoms with E-state index in [9.17, 15) is 4.79 Å². The molecule has 0 unspecified atom stereocenters. The molecule has 0 N–H and O–H groups in total. The van der Waals surface area contributed by atoms with Gasteiger partial charge in [0.05, 0.1) is 16.8 Å². The molecule has 1 fully saturated rings. The number of carbonyl (C=O) groups is 1. The van der Waals surface area contributed by atoms with E-state index in [4.69, 9.17) is 18.0 Å². The van der Waals surface area contributed by atoms with E-state index in [0.29, 0.717) is 28.7 Å². The van der Waals surface area contributed by atoms with Crippen molar-refractivity contribution in [1.82, 2.24) is 4.57 Å². The highest BCUT2D eigenvalue weighted by molar-refractivity contribution is 7.16. The number of hydrogen-bond donors (Lipinski definition) is 0. The number of halogens is 1. The van der Waals surface area contributed by atoms with Crippen LogP contribution >= 0.6 is 22.9 Å². The van der Waals surface area contributed by atoms with Crippen LogP contribution in [0, 0.1) is 18.3 Å². The molecule has 0 saturated heterocycles. The van der Waals surface area contributed by atoms with Crippen molar-refractivity contribution < 1.29 is 4.79 Å². The minimum atomic E-state index is -0.0553. The molecule has 2 aromatic rings. The quantitative estimate of drug-likeness (QED) is 0.756. The molecule has 1 aromatic heterocycles. The van der Waals surface area contributed by atoms with Gasteiger partial charge in [0.2, 0.25) is 5.91 Å². The number of hydrogen-bond acceptors (Lipinski definition) is 2. The fourth-order valence-electron chi connectivity index (χ4n) is 3.17. The maximum atomic E-state index is 12.2. The summed E-state index contributed by atoms with van der Waals surface area (Å²) >= 11 is 7.50. The second-order valence-corrected chi connectivity index (χ2v) is 7.43. The van der Waals surface area contributed by atoms with Crippen LogP contribution in [0.1, 0.15) is 38.5 Å². The summed E-state index contributed by atoms with van der Waals surface area (Å²) in [6, 6.07) is 5.64. The highest BCUT2D eigenvalue weighted by Gasteiger charge is 2.16. The number of benzene rings is 1. The molecule has 1 saturated carbocycles. The first-order valence-corrected chi connectivity index (χ1v) is 9.17. The van der Waals surface area contributed by atoms with E-state index in [1.165, 1.54) is 37.0 Å². The van der Waals surface area contributed by atoms with E-state index in [1.54, 1.807) is 0 Å². The Morgan fingerprint density at radius 1 is 1.43 bits per heavy atom. The SMILES string of the molecule is C#CCn1c(=NC(=O)CCC2CCCC2)sc2cc(Cl)ccc21. The second kappa shape index (κ2) is 7.33. The van der Waals surface area contributed by atoms with Gasteiger partial charge in [-0.15, -0.1) is 6.42 Å². The minimum absolute atomic E-state index is 0.0553. The number of amides is 1. The van der Waals surface area contributed by atoms with E-state index in [-0.39, 0.29) is 5.91 Å². The van der Waals surface area contributed by atoms with Crippen molar-refractivity contribution >= 4 is 39.1 Å². The second-order valence-electron chi connectivity index (χ2n) is 5.98. The van der Waals surface area contributed by atoms with Crippen LogP contribution in [0.4, 0.5) is 0 Å². The van der Waals surface area contributed by atoms with Crippen molar-refractivity contribution in [3.8, 4) is 12.3 Å². The molecule has 0 spiro atoms. The molecular weight excluding hydrogens is 328 g/mol. The predicted molar refractivity (Wildman–Crippen MR) is 95.4 cm³/mol. The predicted octanol–water partition coefficient (Wildman–Crippen LogP) is 4.39. The zero-order valence-electron chi connectivity index (χ0n) is 12.9. The van der Waals surface area contributed by atoms with Crippen molar-refractivity contribution in [2.24, 2.45) is 10.9 Å². The van der Waals surface area contributed by atoms with Crippen molar-refractivity contribution in [2.45, 2.75) is 45.1 Å². The summed E-state index contributed by atoms with van der Waals surface area (Å²) in [6.07, 6.45) is 12.1. The first-order chi connectivity index (χ1) is 11.2. The van der Waals surface area contributed by atoms with E-state index in [2.05, 4.69) is 10.9 Å². The van der Waals surface area contributed by atoms with Crippen LogP contribution < -0.4 is 4.80 Å². The van der Waals surface area contributed by atoms with Gasteiger partial charge in [-0.1, -0.05) is 54.5 Å². The summed E-state index contributed by atoms with van der Waals surface area (Å²) in [5.74, 6) is 3.28. The van der Waals surface area contributed by atoms with E-state index >= 15 is 0 Å². The summed E-state index contributed by atoms with van der Waals surface area (Å²) in [6.45, 7) is 0.399. The summed E-state index contributed by atoms with van der Waals surface area (Å²) in [7, 11) is 0. The smallest absolute Gasteiger partial charge is 0.248 e. The minimum Gasteiger partial charge on any atom is -0.305 e. The van der Waals surface area contributed by atoms with Gasteiger partial charge in [-0.3, -0.25) is 4.79 Å². The van der Waals surface area contributed by atoms with Crippen LogP contribution in [-0.4, -0.2) is 10.5 Å². The standard InChI is InChI=1S/C18H19ClN2OS/c1-2-11-21-15-9-8-14(19)12-16(15)23-18(21)20-17(22)10-7-13-5-3-4-6-13/h1,8-9,12-13H,3-7,10-11H2. The van der Waals surface area contributed by atoms with Crippen LogP contribution in [0.15, 0.2) is 23.2 Å². The van der Waals surface area contributed by atoms with Crippen LogP contribution in [0.3, 0.4) is 0 Å². The zero-order chi connectivity index (χ0) is 16.2. The Balaban J connectivity index is 1.86. The third kappa shape index (κ3) is 3.85. The Hall–Kier alpha value is -1.57. The molecule has 1 aliphatic carbocycles. The van der Waals surface area contributed by atoms with Crippen LogP contribution in [0.2, 0.25) is 5.02 Å². The number of carbonyl (C=O) groups excluding carboxylic acids is 1. The normalized spacial score (nSPS) is 16.1. The van der Waals surface area contributed by atoms with E-state index in [1.807, 2.05) is 22.8 Å². The molecular formula is C18H19ClN2OS. The fourth-order valence-corrected chi connectivity index (χ4v) is 4.49. The van der Waals surface area contributed by atoms with E-state index < -0.39 is 0 Å². The Morgan fingerprint density at radius 2 is 2.22 bits per heavy atom. The molecule has 5 heteroatoms. The number of thiazole rings is 1. The van der Waals surface area contributed by atoms with Gasteiger partial charge in [-0.2, -0.15) is 4.99 Å². The summed E-state index contributed by atoms with van der Waals surface area (Å²) in [5.41, 5.74) is 0.972. The maximum absolute atomic E-state index is 12.2. The molecule has 1 aliphatic rings. The average Bonchev–Trinajstić information content (AvgIpc) is 3.14. The molecule has 23 heavy (non-hydrogen) atoms. The Labute approximate surface area is 145 Å². The molecule has 3 nitrogen and oxygen atoms in total. The van der Waals surface area contributed by atoms with Crippen LogP contribution in [0.25, 0.3) is 10.2 Å². The Kier molecular flexibility index (Phi) is 5.20. The lowest BCUT2D eigenvalue weighted by Gasteiger charge is -2.05. The van der Waals surface area contributed by atoms with Crippen molar-refractivity contribution in [2.75, 3.05) is 0 Å². The molecule has 0 aliphatic heterocycles. The van der Waals surface area contributed by atoms with Gasteiger partial charge in [0, 0.05) is 11.4 Å². The fraction of sp³-hybridized carbons (Fsp3) is 0.444. The van der Waals surface area contributed by atoms with Gasteiger partial charge in [0.1, 0.15) is 0 Å². The molecule has 1 heterocycles. The lowest BCUT2D eigenvalue weighted by atomic mass is 10.0. The zero-order valence-corrected chi connectivity index (χ0v) is 14.5. The largest absolute Gasteiger partial charge is 0.305 e. The van der Waals surface area contributed by atoms with Crippen molar-refractivity contribution in [1.29, 1.82) is 0 Å². The average molecular weight is 347 g/mol. The van der Waals surface area contributed by atoms with Gasteiger partial charge in [0.15, 0.2) is 4.80 Å². The maximum Gasteiger partial charge on any atom is 0.248 e. The molecule has 0 atom stereocenters. The Bertz CT molecular complexity index is 822. The topological polar surface area (TPSA) is 34.4 Å². The van der Waals surface area contributed by atoms with Gasteiger partial charge in [-0.05, 0) is 30.5 Å².